The summed E-state index contributed by atoms with van der Waals surface area (Å²) in [6.07, 6.45) is 0. The lowest BCUT2D eigenvalue weighted by atomic mass is 9.89. The van der Waals surface area contributed by atoms with E-state index in [1.807, 2.05) is 31.5 Å². The molecule has 0 radical (unpaired) electrons. The average Bonchev–Trinajstić information content (AvgIpc) is 2.59. The van der Waals surface area contributed by atoms with Crippen LogP contribution in [0.3, 0.4) is 0 Å². The van der Waals surface area contributed by atoms with Gasteiger partial charge in [-0.3, -0.25) is 0 Å². The molecule has 0 unspecified atom stereocenters. The molecule has 0 saturated heterocycles. The Hall–Kier alpha value is -1.29. The highest BCUT2D eigenvalue weighted by Crippen LogP contribution is 2.23. The van der Waals surface area contributed by atoms with Crippen molar-refractivity contribution in [3.63, 3.8) is 0 Å². The molecular weight excluding hydrogens is 192 g/mol. The van der Waals surface area contributed by atoms with Crippen molar-refractivity contribution in [2.24, 2.45) is 12.8 Å². The minimum atomic E-state index is -0.323. The molecule has 1 heterocycles. The molecule has 84 valence electrons. The Balaban J connectivity index is 3.15. The second kappa shape index (κ2) is 4.06. The van der Waals surface area contributed by atoms with Crippen LogP contribution in [-0.2, 0) is 17.2 Å². The third-order valence-corrected chi connectivity index (χ3v) is 2.72. The van der Waals surface area contributed by atoms with E-state index in [1.165, 1.54) is 7.11 Å². The summed E-state index contributed by atoms with van der Waals surface area (Å²) in [6, 6.07) is 3.68. The van der Waals surface area contributed by atoms with Crippen molar-refractivity contribution >= 4 is 5.97 Å². The third-order valence-electron chi connectivity index (χ3n) is 2.72. The summed E-state index contributed by atoms with van der Waals surface area (Å²) in [5, 5.41) is 0. The summed E-state index contributed by atoms with van der Waals surface area (Å²) < 4.78 is 6.52. The number of nitrogens with zero attached hydrogens (tertiary/aromatic N) is 1. The fraction of sp³-hybridized carbons (Fsp3) is 0.545. The van der Waals surface area contributed by atoms with Gasteiger partial charge in [0.2, 0.25) is 0 Å². The zero-order chi connectivity index (χ0) is 11.6. The van der Waals surface area contributed by atoms with E-state index in [9.17, 15) is 4.79 Å². The average molecular weight is 210 g/mol. The standard InChI is InChI=1S/C11H18N2O2/c1-11(2,7-12)9-6-5-8(13(9)3)10(14)15-4/h5-6H,7,12H2,1-4H3. The summed E-state index contributed by atoms with van der Waals surface area (Å²) in [5.41, 5.74) is 7.14. The van der Waals surface area contributed by atoms with Gasteiger partial charge in [0, 0.05) is 24.7 Å². The molecule has 0 bridgehead atoms. The van der Waals surface area contributed by atoms with Crippen LogP contribution in [0.4, 0.5) is 0 Å². The second-order valence-electron chi connectivity index (χ2n) is 4.24. The van der Waals surface area contributed by atoms with Gasteiger partial charge in [0.15, 0.2) is 0 Å². The minimum Gasteiger partial charge on any atom is -0.464 e. The van der Waals surface area contributed by atoms with Crippen molar-refractivity contribution in [3.05, 3.63) is 23.5 Å². The van der Waals surface area contributed by atoms with Crippen molar-refractivity contribution in [2.75, 3.05) is 13.7 Å². The predicted octanol–water partition coefficient (Wildman–Crippen LogP) is 1.05. The normalized spacial score (nSPS) is 11.5. The smallest absolute Gasteiger partial charge is 0.354 e. The number of carbonyl (C=O) groups is 1. The lowest BCUT2D eigenvalue weighted by molar-refractivity contribution is 0.0589. The van der Waals surface area contributed by atoms with E-state index in [2.05, 4.69) is 4.74 Å². The summed E-state index contributed by atoms with van der Waals surface area (Å²) in [7, 11) is 3.22. The number of hydrogen-bond acceptors (Lipinski definition) is 3. The first-order valence-corrected chi connectivity index (χ1v) is 4.88. The fourth-order valence-corrected chi connectivity index (χ4v) is 1.60. The number of carbonyl (C=O) groups excluding carboxylic acids is 1. The number of methoxy groups -OCH3 is 1. The molecule has 0 amide bonds. The monoisotopic (exact) mass is 210 g/mol. The van der Waals surface area contributed by atoms with Crippen molar-refractivity contribution in [1.29, 1.82) is 0 Å². The third kappa shape index (κ3) is 2.04. The maximum absolute atomic E-state index is 11.4. The van der Waals surface area contributed by atoms with E-state index in [0.717, 1.165) is 5.69 Å². The Kier molecular flexibility index (Phi) is 3.19. The van der Waals surface area contributed by atoms with Crippen LogP contribution < -0.4 is 5.73 Å². The summed E-state index contributed by atoms with van der Waals surface area (Å²) in [6.45, 7) is 4.62. The predicted molar refractivity (Wildman–Crippen MR) is 58.8 cm³/mol. The van der Waals surface area contributed by atoms with Gasteiger partial charge in [-0.1, -0.05) is 13.8 Å². The van der Waals surface area contributed by atoms with Crippen LogP contribution in [0, 0.1) is 0 Å². The van der Waals surface area contributed by atoms with E-state index >= 15 is 0 Å². The molecule has 0 atom stereocenters. The maximum atomic E-state index is 11.4. The molecule has 0 aliphatic rings. The van der Waals surface area contributed by atoms with Gasteiger partial charge < -0.3 is 15.0 Å². The van der Waals surface area contributed by atoms with Gasteiger partial charge >= 0.3 is 5.97 Å². The summed E-state index contributed by atoms with van der Waals surface area (Å²) in [4.78, 5) is 11.4. The van der Waals surface area contributed by atoms with Crippen LogP contribution >= 0.6 is 0 Å². The number of hydrogen-bond donors (Lipinski definition) is 1. The van der Waals surface area contributed by atoms with Gasteiger partial charge in [-0.25, -0.2) is 4.79 Å². The summed E-state index contributed by atoms with van der Waals surface area (Å²) in [5.74, 6) is -0.323. The first-order chi connectivity index (χ1) is 6.94. The van der Waals surface area contributed by atoms with E-state index < -0.39 is 0 Å². The number of nitrogens with two attached hydrogens (primary N) is 1. The molecule has 0 saturated carbocycles. The molecule has 0 aliphatic heterocycles. The molecule has 4 heteroatoms. The van der Waals surface area contributed by atoms with Gasteiger partial charge in [0.25, 0.3) is 0 Å². The van der Waals surface area contributed by atoms with E-state index in [4.69, 9.17) is 5.73 Å². The Morgan fingerprint density at radius 2 is 2.13 bits per heavy atom. The highest BCUT2D eigenvalue weighted by Gasteiger charge is 2.24. The Morgan fingerprint density at radius 1 is 1.53 bits per heavy atom. The van der Waals surface area contributed by atoms with Crippen LogP contribution in [0.5, 0.6) is 0 Å². The Bertz CT molecular complexity index is 367. The largest absolute Gasteiger partial charge is 0.464 e. The van der Waals surface area contributed by atoms with Crippen LogP contribution in [0.25, 0.3) is 0 Å². The van der Waals surface area contributed by atoms with E-state index in [1.54, 1.807) is 6.07 Å². The van der Waals surface area contributed by atoms with Crippen LogP contribution in [0.15, 0.2) is 12.1 Å². The molecule has 2 N–H and O–H groups in total. The molecule has 1 rings (SSSR count). The highest BCUT2D eigenvalue weighted by atomic mass is 16.5. The SMILES string of the molecule is COC(=O)c1ccc(C(C)(C)CN)n1C. The van der Waals surface area contributed by atoms with Crippen LogP contribution in [-0.4, -0.2) is 24.2 Å². The Morgan fingerprint density at radius 3 is 2.60 bits per heavy atom. The summed E-state index contributed by atoms with van der Waals surface area (Å²) >= 11 is 0. The molecule has 0 spiro atoms. The maximum Gasteiger partial charge on any atom is 0.354 e. The first-order valence-electron chi connectivity index (χ1n) is 4.88. The first kappa shape index (κ1) is 11.8. The minimum absolute atomic E-state index is 0.138. The Labute approximate surface area is 90.0 Å². The van der Waals surface area contributed by atoms with Crippen molar-refractivity contribution in [1.82, 2.24) is 4.57 Å². The molecule has 0 fully saturated rings. The molecule has 0 aromatic carbocycles. The van der Waals surface area contributed by atoms with Gasteiger partial charge in [-0.05, 0) is 12.1 Å². The van der Waals surface area contributed by atoms with Gasteiger partial charge in [-0.15, -0.1) is 0 Å². The second-order valence-corrected chi connectivity index (χ2v) is 4.24. The van der Waals surface area contributed by atoms with E-state index in [0.29, 0.717) is 12.2 Å². The van der Waals surface area contributed by atoms with Crippen molar-refractivity contribution in [2.45, 2.75) is 19.3 Å². The number of ether oxygens (including phenoxy) is 1. The fourth-order valence-electron chi connectivity index (χ4n) is 1.60. The highest BCUT2D eigenvalue weighted by molar-refractivity contribution is 5.87. The van der Waals surface area contributed by atoms with Gasteiger partial charge in [0.05, 0.1) is 7.11 Å². The molecule has 4 nitrogen and oxygen atoms in total. The van der Waals surface area contributed by atoms with Gasteiger partial charge in [-0.2, -0.15) is 0 Å². The lowest BCUT2D eigenvalue weighted by Gasteiger charge is -2.23. The molecule has 0 aliphatic carbocycles. The quantitative estimate of drug-likeness (QED) is 0.759. The molecule has 1 aromatic rings. The van der Waals surface area contributed by atoms with Gasteiger partial charge in [0.1, 0.15) is 5.69 Å². The van der Waals surface area contributed by atoms with E-state index in [-0.39, 0.29) is 11.4 Å². The molecular formula is C11H18N2O2. The zero-order valence-corrected chi connectivity index (χ0v) is 9.70. The molecule has 1 aromatic heterocycles. The van der Waals surface area contributed by atoms with Crippen LogP contribution in [0.2, 0.25) is 0 Å². The lowest BCUT2D eigenvalue weighted by Crippen LogP contribution is -2.30. The molecule has 15 heavy (non-hydrogen) atoms. The number of esters is 1. The zero-order valence-electron chi connectivity index (χ0n) is 9.70. The topological polar surface area (TPSA) is 57.2 Å². The van der Waals surface area contributed by atoms with Crippen molar-refractivity contribution in [3.8, 4) is 0 Å². The van der Waals surface area contributed by atoms with Crippen molar-refractivity contribution < 1.29 is 9.53 Å². The number of rotatable bonds is 3. The number of aromatic nitrogens is 1. The van der Waals surface area contributed by atoms with Crippen LogP contribution in [0.1, 0.15) is 30.0 Å².